The molecule has 1 aromatic heterocycles. The summed E-state index contributed by atoms with van der Waals surface area (Å²) in [7, 11) is 0. The average Bonchev–Trinajstić information content (AvgIpc) is 3.32. The van der Waals surface area contributed by atoms with Gasteiger partial charge in [-0.05, 0) is 49.1 Å². The highest BCUT2D eigenvalue weighted by atomic mass is 32.1. The van der Waals surface area contributed by atoms with E-state index in [1.54, 1.807) is 6.92 Å². The molecule has 150 valence electrons. The zero-order chi connectivity index (χ0) is 20.1. The van der Waals surface area contributed by atoms with E-state index in [2.05, 4.69) is 19.2 Å². The second-order valence-electron chi connectivity index (χ2n) is 6.62. The summed E-state index contributed by atoms with van der Waals surface area (Å²) in [5.41, 5.74) is 2.06. The van der Waals surface area contributed by atoms with Crippen molar-refractivity contribution in [3.8, 4) is 11.5 Å². The van der Waals surface area contributed by atoms with Gasteiger partial charge in [0.2, 0.25) is 6.79 Å². The molecule has 0 aliphatic carbocycles. The van der Waals surface area contributed by atoms with Gasteiger partial charge in [0.15, 0.2) is 17.6 Å². The number of nitrogens with one attached hydrogen (secondary N) is 1. The first-order valence-electron chi connectivity index (χ1n) is 9.50. The monoisotopic (exact) mass is 403 g/mol. The first-order chi connectivity index (χ1) is 13.5. The zero-order valence-electron chi connectivity index (χ0n) is 16.4. The van der Waals surface area contributed by atoms with Crippen molar-refractivity contribution in [3.05, 3.63) is 45.1 Å². The van der Waals surface area contributed by atoms with Crippen LogP contribution in [0.15, 0.2) is 24.3 Å². The summed E-state index contributed by atoms with van der Waals surface area (Å²) in [4.78, 5) is 26.5. The first kappa shape index (κ1) is 20.2. The summed E-state index contributed by atoms with van der Waals surface area (Å²) >= 11 is 1.46. The smallest absolute Gasteiger partial charge is 0.349 e. The number of aryl methyl sites for hydroxylation is 2. The van der Waals surface area contributed by atoms with Crippen LogP contribution in [-0.4, -0.2) is 24.8 Å². The number of rotatable bonds is 8. The standard InChI is InChI=1S/C21H25NO5S/c1-4-6-18-15(5-2)10-19(28-18)21(24)27-13(3)20(23)22-11-14-7-8-16-17(9-14)26-12-25-16/h7-10,13H,4-6,11-12H2,1-3H3,(H,22,23). The van der Waals surface area contributed by atoms with Crippen LogP contribution < -0.4 is 14.8 Å². The highest BCUT2D eigenvalue weighted by Gasteiger charge is 2.21. The minimum absolute atomic E-state index is 0.209. The summed E-state index contributed by atoms with van der Waals surface area (Å²) in [5.74, 6) is 0.570. The number of esters is 1. The van der Waals surface area contributed by atoms with Crippen LogP contribution in [0.25, 0.3) is 0 Å². The van der Waals surface area contributed by atoms with E-state index in [0.717, 1.165) is 24.8 Å². The van der Waals surface area contributed by atoms with Crippen LogP contribution in [0, 0.1) is 0 Å². The van der Waals surface area contributed by atoms with Crippen LogP contribution in [0.5, 0.6) is 11.5 Å². The molecule has 1 unspecified atom stereocenters. The lowest BCUT2D eigenvalue weighted by molar-refractivity contribution is -0.129. The molecule has 0 saturated carbocycles. The molecule has 1 aliphatic heterocycles. The predicted octanol–water partition coefficient (Wildman–Crippen LogP) is 3.85. The molecular weight excluding hydrogens is 378 g/mol. The third-order valence-electron chi connectivity index (χ3n) is 4.51. The van der Waals surface area contributed by atoms with Crippen molar-refractivity contribution in [3.63, 3.8) is 0 Å². The molecule has 2 aromatic rings. The second kappa shape index (κ2) is 9.10. The zero-order valence-corrected chi connectivity index (χ0v) is 17.2. The van der Waals surface area contributed by atoms with E-state index < -0.39 is 12.1 Å². The fraction of sp³-hybridized carbons (Fsp3) is 0.429. The van der Waals surface area contributed by atoms with Crippen LogP contribution in [-0.2, 0) is 28.9 Å². The van der Waals surface area contributed by atoms with Gasteiger partial charge in [0.1, 0.15) is 4.88 Å². The first-order valence-corrected chi connectivity index (χ1v) is 10.3. The number of thiophene rings is 1. The number of amides is 1. The highest BCUT2D eigenvalue weighted by molar-refractivity contribution is 7.14. The van der Waals surface area contributed by atoms with Crippen molar-refractivity contribution >= 4 is 23.2 Å². The minimum Gasteiger partial charge on any atom is -0.454 e. The Morgan fingerprint density at radius 1 is 1.21 bits per heavy atom. The topological polar surface area (TPSA) is 73.9 Å². The van der Waals surface area contributed by atoms with Gasteiger partial charge in [-0.1, -0.05) is 26.3 Å². The third kappa shape index (κ3) is 4.65. The van der Waals surface area contributed by atoms with Gasteiger partial charge in [0.25, 0.3) is 5.91 Å². The van der Waals surface area contributed by atoms with E-state index in [9.17, 15) is 9.59 Å². The molecule has 3 rings (SSSR count). The van der Waals surface area contributed by atoms with Gasteiger partial charge in [0, 0.05) is 11.4 Å². The third-order valence-corrected chi connectivity index (χ3v) is 5.73. The van der Waals surface area contributed by atoms with Crippen molar-refractivity contribution in [2.45, 2.75) is 52.7 Å². The second-order valence-corrected chi connectivity index (χ2v) is 7.75. The van der Waals surface area contributed by atoms with E-state index in [1.165, 1.54) is 21.8 Å². The van der Waals surface area contributed by atoms with E-state index in [4.69, 9.17) is 14.2 Å². The summed E-state index contributed by atoms with van der Waals surface area (Å²) in [5, 5.41) is 2.79. The molecule has 0 bridgehead atoms. The fourth-order valence-corrected chi connectivity index (χ4v) is 4.20. The number of hydrogen-bond donors (Lipinski definition) is 1. The van der Waals surface area contributed by atoms with Crippen molar-refractivity contribution in [1.82, 2.24) is 5.32 Å². The molecule has 1 aromatic carbocycles. The van der Waals surface area contributed by atoms with Gasteiger partial charge in [-0.3, -0.25) is 4.79 Å². The Kier molecular flexibility index (Phi) is 6.57. The Bertz CT molecular complexity index is 860. The molecule has 28 heavy (non-hydrogen) atoms. The van der Waals surface area contributed by atoms with Crippen molar-refractivity contribution in [2.75, 3.05) is 6.79 Å². The van der Waals surface area contributed by atoms with Crippen LogP contribution in [0.3, 0.4) is 0 Å². The molecular formula is C21H25NO5S. The molecule has 1 amide bonds. The van der Waals surface area contributed by atoms with Gasteiger partial charge in [0.05, 0.1) is 0 Å². The fourth-order valence-electron chi connectivity index (χ4n) is 2.96. The normalized spacial score (nSPS) is 13.2. The number of ether oxygens (including phenoxy) is 3. The van der Waals surface area contributed by atoms with E-state index in [0.29, 0.717) is 22.9 Å². The van der Waals surface area contributed by atoms with Gasteiger partial charge in [-0.15, -0.1) is 11.3 Å². The lowest BCUT2D eigenvalue weighted by atomic mass is 10.1. The van der Waals surface area contributed by atoms with Gasteiger partial charge >= 0.3 is 5.97 Å². The van der Waals surface area contributed by atoms with Crippen LogP contribution >= 0.6 is 11.3 Å². The Labute approximate surface area is 168 Å². The number of carbonyl (C=O) groups excluding carboxylic acids is 2. The van der Waals surface area contributed by atoms with Gasteiger partial charge < -0.3 is 19.5 Å². The van der Waals surface area contributed by atoms with E-state index >= 15 is 0 Å². The maximum atomic E-state index is 12.4. The Hall–Kier alpha value is -2.54. The van der Waals surface area contributed by atoms with Crippen molar-refractivity contribution < 1.29 is 23.8 Å². The summed E-state index contributed by atoms with van der Waals surface area (Å²) in [6.07, 6.45) is 1.99. The molecule has 1 atom stereocenters. The maximum absolute atomic E-state index is 12.4. The Morgan fingerprint density at radius 3 is 2.75 bits per heavy atom. The van der Waals surface area contributed by atoms with Crippen LogP contribution in [0.4, 0.5) is 0 Å². The lowest BCUT2D eigenvalue weighted by Gasteiger charge is -2.13. The predicted molar refractivity (Wildman–Crippen MR) is 107 cm³/mol. The van der Waals surface area contributed by atoms with Gasteiger partial charge in [-0.2, -0.15) is 0 Å². The molecule has 2 heterocycles. The van der Waals surface area contributed by atoms with Crippen LogP contribution in [0.2, 0.25) is 0 Å². The molecule has 0 fully saturated rings. The summed E-state index contributed by atoms with van der Waals surface area (Å²) in [6.45, 7) is 6.29. The molecule has 1 N–H and O–H groups in total. The molecule has 0 radical (unpaired) electrons. The molecule has 0 spiro atoms. The summed E-state index contributed by atoms with van der Waals surface area (Å²) < 4.78 is 16.0. The van der Waals surface area contributed by atoms with Gasteiger partial charge in [-0.25, -0.2) is 4.79 Å². The highest BCUT2D eigenvalue weighted by Crippen LogP contribution is 2.32. The Balaban J connectivity index is 1.54. The maximum Gasteiger partial charge on any atom is 0.349 e. The largest absolute Gasteiger partial charge is 0.454 e. The average molecular weight is 404 g/mol. The van der Waals surface area contributed by atoms with Crippen molar-refractivity contribution in [1.29, 1.82) is 0 Å². The number of carbonyl (C=O) groups is 2. The number of fused-ring (bicyclic) bond motifs is 1. The summed E-state index contributed by atoms with van der Waals surface area (Å²) in [6, 6.07) is 7.38. The Morgan fingerprint density at radius 2 is 2.00 bits per heavy atom. The van der Waals surface area contributed by atoms with Crippen molar-refractivity contribution in [2.24, 2.45) is 0 Å². The molecule has 0 saturated heterocycles. The lowest BCUT2D eigenvalue weighted by Crippen LogP contribution is -2.35. The molecule has 1 aliphatic rings. The molecule has 7 heteroatoms. The minimum atomic E-state index is -0.872. The molecule has 6 nitrogen and oxygen atoms in total. The quantitative estimate of drug-likeness (QED) is 0.678. The number of benzene rings is 1. The van der Waals surface area contributed by atoms with E-state index in [1.807, 2.05) is 24.3 Å². The van der Waals surface area contributed by atoms with E-state index in [-0.39, 0.29) is 12.7 Å². The SMILES string of the molecule is CCCc1sc(C(=O)OC(C)C(=O)NCc2ccc3c(c2)OCO3)cc1CC. The number of hydrogen-bond acceptors (Lipinski definition) is 6. The van der Waals surface area contributed by atoms with Crippen LogP contribution in [0.1, 0.15) is 52.9 Å².